The maximum Gasteiger partial charge on any atom is 0.161 e. The molecule has 0 bridgehead atoms. The number of hydrogen-bond acceptors (Lipinski definition) is 4. The Labute approximate surface area is 265 Å². The first kappa shape index (κ1) is 26.2. The molecule has 0 amide bonds. The largest absolute Gasteiger partial charge is 0.254 e. The number of nitrogens with zero attached hydrogens (tertiary/aromatic N) is 4. The van der Waals surface area contributed by atoms with Crippen molar-refractivity contribution in [2.75, 3.05) is 0 Å². The minimum Gasteiger partial charge on any atom is -0.254 e. The average Bonchev–Trinajstić information content (AvgIpc) is 3.14. The molecule has 0 saturated heterocycles. The normalized spacial score (nSPS) is 11.5. The summed E-state index contributed by atoms with van der Waals surface area (Å²) in [6.45, 7) is 0. The molecule has 0 aliphatic carbocycles. The molecule has 0 aliphatic rings. The van der Waals surface area contributed by atoms with Crippen molar-refractivity contribution in [1.82, 2.24) is 19.9 Å². The van der Waals surface area contributed by atoms with Crippen molar-refractivity contribution in [2.45, 2.75) is 0 Å². The van der Waals surface area contributed by atoms with Crippen molar-refractivity contribution in [3.63, 3.8) is 0 Å². The molecule has 0 unspecified atom stereocenters. The number of fused-ring (bicyclic) bond motifs is 6. The zero-order chi connectivity index (χ0) is 30.5. The van der Waals surface area contributed by atoms with E-state index in [1.165, 1.54) is 0 Å². The van der Waals surface area contributed by atoms with Gasteiger partial charge in [-0.3, -0.25) is 4.98 Å². The van der Waals surface area contributed by atoms with E-state index >= 15 is 0 Å². The predicted molar refractivity (Wildman–Crippen MR) is 189 cm³/mol. The van der Waals surface area contributed by atoms with Crippen LogP contribution >= 0.6 is 0 Å². The molecule has 0 spiro atoms. The molecule has 0 saturated carbocycles. The highest BCUT2D eigenvalue weighted by molar-refractivity contribution is 6.14. The number of hydrogen-bond donors (Lipinski definition) is 0. The lowest BCUT2D eigenvalue weighted by molar-refractivity contribution is 1.32. The quantitative estimate of drug-likeness (QED) is 0.152. The molecular formula is C42H26N4. The summed E-state index contributed by atoms with van der Waals surface area (Å²) in [6, 6.07) is 52.7. The highest BCUT2D eigenvalue weighted by Gasteiger charge is 2.15. The Kier molecular flexibility index (Phi) is 6.10. The first-order valence-corrected chi connectivity index (χ1v) is 15.4. The number of pyridine rings is 4. The van der Waals surface area contributed by atoms with Crippen molar-refractivity contribution in [3.05, 3.63) is 158 Å². The average molecular weight is 587 g/mol. The molecule has 0 aliphatic heterocycles. The molecule has 4 heterocycles. The Morgan fingerprint density at radius 2 is 0.978 bits per heavy atom. The van der Waals surface area contributed by atoms with Gasteiger partial charge in [0.15, 0.2) is 5.65 Å². The minimum atomic E-state index is 0.720. The van der Waals surface area contributed by atoms with Crippen molar-refractivity contribution >= 4 is 43.6 Å². The van der Waals surface area contributed by atoms with Gasteiger partial charge in [-0.1, -0.05) is 127 Å². The van der Waals surface area contributed by atoms with Gasteiger partial charge in [-0.2, -0.15) is 0 Å². The van der Waals surface area contributed by atoms with Gasteiger partial charge in [0.2, 0.25) is 0 Å². The van der Waals surface area contributed by atoms with Crippen LogP contribution in [0, 0.1) is 0 Å². The van der Waals surface area contributed by atoms with Crippen LogP contribution in [0.1, 0.15) is 0 Å². The molecule has 4 nitrogen and oxygen atoms in total. The van der Waals surface area contributed by atoms with Gasteiger partial charge in [0.1, 0.15) is 0 Å². The zero-order valence-electron chi connectivity index (χ0n) is 24.8. The fourth-order valence-corrected chi connectivity index (χ4v) is 6.39. The first-order chi connectivity index (χ1) is 22.8. The van der Waals surface area contributed by atoms with Gasteiger partial charge in [-0.05, 0) is 40.8 Å². The van der Waals surface area contributed by atoms with Crippen LogP contribution in [0.5, 0.6) is 0 Å². The summed E-state index contributed by atoms with van der Waals surface area (Å²) in [5.74, 6) is 0. The summed E-state index contributed by atoms with van der Waals surface area (Å²) < 4.78 is 0. The van der Waals surface area contributed by atoms with E-state index in [2.05, 4.69) is 138 Å². The molecule has 4 aromatic heterocycles. The topological polar surface area (TPSA) is 51.6 Å². The van der Waals surface area contributed by atoms with Crippen molar-refractivity contribution < 1.29 is 0 Å². The van der Waals surface area contributed by atoms with Gasteiger partial charge in [0.25, 0.3) is 0 Å². The molecule has 9 rings (SSSR count). The lowest BCUT2D eigenvalue weighted by Crippen LogP contribution is -1.94. The maximum absolute atomic E-state index is 5.19. The number of aromatic nitrogens is 4. The lowest BCUT2D eigenvalue weighted by Gasteiger charge is -2.13. The molecule has 46 heavy (non-hydrogen) atoms. The van der Waals surface area contributed by atoms with Crippen LogP contribution in [0.25, 0.3) is 88.5 Å². The number of rotatable bonds is 4. The fourth-order valence-electron chi connectivity index (χ4n) is 6.39. The Morgan fingerprint density at radius 1 is 0.348 bits per heavy atom. The van der Waals surface area contributed by atoms with E-state index in [9.17, 15) is 0 Å². The van der Waals surface area contributed by atoms with Crippen LogP contribution in [0.3, 0.4) is 0 Å². The maximum atomic E-state index is 5.19. The van der Waals surface area contributed by atoms with Gasteiger partial charge in [0, 0.05) is 44.4 Å². The zero-order valence-corrected chi connectivity index (χ0v) is 24.8. The molecule has 0 fully saturated rings. The van der Waals surface area contributed by atoms with E-state index in [0.717, 1.165) is 88.5 Å². The number of benzene rings is 5. The highest BCUT2D eigenvalue weighted by Crippen LogP contribution is 2.36. The third kappa shape index (κ3) is 4.47. The third-order valence-corrected chi connectivity index (χ3v) is 8.68. The molecule has 4 heteroatoms. The Balaban J connectivity index is 1.19. The van der Waals surface area contributed by atoms with E-state index in [0.29, 0.717) is 0 Å². The van der Waals surface area contributed by atoms with Crippen molar-refractivity contribution in [1.29, 1.82) is 0 Å². The smallest absolute Gasteiger partial charge is 0.161 e. The summed E-state index contributed by atoms with van der Waals surface area (Å²) >= 11 is 0. The minimum absolute atomic E-state index is 0.720. The van der Waals surface area contributed by atoms with Crippen molar-refractivity contribution in [2.24, 2.45) is 0 Å². The van der Waals surface area contributed by atoms with Crippen LogP contribution in [0.4, 0.5) is 0 Å². The Hall–Kier alpha value is -6.26. The van der Waals surface area contributed by atoms with Crippen LogP contribution < -0.4 is 0 Å². The standard InChI is InChI=1S/C42H26N4/c1-3-10-28(11-4-1)37-25-33(26-38(44-37)29-12-5-2-6-13-29)27-17-19-31(20-18-27)39-35-16-8-7-15-34(35)36-24-32-22-21-30-14-9-23-43-40(30)41(32)46-42(36)45-39/h1-26H. The molecule has 214 valence electrons. The van der Waals surface area contributed by atoms with E-state index in [1.54, 1.807) is 0 Å². The van der Waals surface area contributed by atoms with Crippen LogP contribution in [0.2, 0.25) is 0 Å². The monoisotopic (exact) mass is 586 g/mol. The first-order valence-electron chi connectivity index (χ1n) is 15.4. The summed E-state index contributed by atoms with van der Waals surface area (Å²) in [6.07, 6.45) is 1.82. The second-order valence-electron chi connectivity index (χ2n) is 11.5. The van der Waals surface area contributed by atoms with Gasteiger partial charge in [-0.25, -0.2) is 15.0 Å². The SMILES string of the molecule is c1ccc(-c2cc(-c3ccc(-c4nc5nc6c(ccc7cccnc76)cc5c5ccccc45)cc3)cc(-c3ccccc3)n2)cc1. The molecule has 9 aromatic rings. The summed E-state index contributed by atoms with van der Waals surface area (Å²) in [7, 11) is 0. The third-order valence-electron chi connectivity index (χ3n) is 8.68. The summed E-state index contributed by atoms with van der Waals surface area (Å²) in [4.78, 5) is 20.0. The van der Waals surface area contributed by atoms with E-state index in [4.69, 9.17) is 15.0 Å². The van der Waals surface area contributed by atoms with E-state index < -0.39 is 0 Å². The molecule has 5 aromatic carbocycles. The summed E-state index contributed by atoms with van der Waals surface area (Å²) in [5.41, 5.74) is 10.8. The van der Waals surface area contributed by atoms with Gasteiger partial charge in [-0.15, -0.1) is 0 Å². The Morgan fingerprint density at radius 3 is 1.70 bits per heavy atom. The van der Waals surface area contributed by atoms with Crippen LogP contribution in [0.15, 0.2) is 158 Å². The molecule has 0 atom stereocenters. The Bertz CT molecular complexity index is 2500. The molecule has 0 radical (unpaired) electrons. The van der Waals surface area contributed by atoms with Gasteiger partial charge >= 0.3 is 0 Å². The van der Waals surface area contributed by atoms with Gasteiger partial charge < -0.3 is 0 Å². The van der Waals surface area contributed by atoms with Crippen LogP contribution in [-0.4, -0.2) is 19.9 Å². The predicted octanol–water partition coefficient (Wildman–Crippen LogP) is 10.5. The lowest BCUT2D eigenvalue weighted by atomic mass is 9.97. The molecule has 0 N–H and O–H groups in total. The molecular weight excluding hydrogens is 560 g/mol. The second kappa shape index (κ2) is 10.7. The highest BCUT2D eigenvalue weighted by atomic mass is 14.9. The summed E-state index contributed by atoms with van der Waals surface area (Å²) in [5, 5.41) is 5.41. The van der Waals surface area contributed by atoms with Crippen LogP contribution in [-0.2, 0) is 0 Å². The van der Waals surface area contributed by atoms with Crippen molar-refractivity contribution in [3.8, 4) is 44.9 Å². The van der Waals surface area contributed by atoms with E-state index in [1.807, 2.05) is 24.4 Å². The fraction of sp³-hybridized carbons (Fsp3) is 0. The van der Waals surface area contributed by atoms with E-state index in [-0.39, 0.29) is 0 Å². The second-order valence-corrected chi connectivity index (χ2v) is 11.5. The van der Waals surface area contributed by atoms with Gasteiger partial charge in [0.05, 0.1) is 28.1 Å².